The Morgan fingerprint density at radius 2 is 2.25 bits per heavy atom. The van der Waals surface area contributed by atoms with E-state index in [1.807, 2.05) is 4.90 Å². The molecule has 0 atom stereocenters. The molecule has 0 fully saturated rings. The second-order valence-corrected chi connectivity index (χ2v) is 4.47. The van der Waals surface area contributed by atoms with Crippen LogP contribution in [0.1, 0.15) is 18.9 Å². The van der Waals surface area contributed by atoms with Gasteiger partial charge in [0.15, 0.2) is 0 Å². The molecule has 0 heterocycles. The molecule has 0 bridgehead atoms. The van der Waals surface area contributed by atoms with Gasteiger partial charge in [-0.15, -0.1) is 0 Å². The van der Waals surface area contributed by atoms with Gasteiger partial charge >= 0.3 is 0 Å². The first-order valence-corrected chi connectivity index (χ1v) is 6.00. The molecule has 0 spiro atoms. The summed E-state index contributed by atoms with van der Waals surface area (Å²) in [6, 6.07) is 7.09. The lowest BCUT2D eigenvalue weighted by Gasteiger charge is -2.18. The summed E-state index contributed by atoms with van der Waals surface area (Å²) in [6.45, 7) is 4.04. The fraction of sp³-hybridized carbons (Fsp3) is 0.417. The Morgan fingerprint density at radius 1 is 1.50 bits per heavy atom. The van der Waals surface area contributed by atoms with Gasteiger partial charge in [0.1, 0.15) is 5.82 Å². The molecule has 1 rings (SSSR count). The number of hydrogen-bond acceptors (Lipinski definition) is 2. The average molecular weight is 285 g/mol. The van der Waals surface area contributed by atoms with Crippen LogP contribution in [-0.4, -0.2) is 18.0 Å². The molecule has 16 heavy (non-hydrogen) atoms. The number of halogens is 2. The van der Waals surface area contributed by atoms with Gasteiger partial charge in [-0.1, -0.05) is 13.0 Å². The lowest BCUT2D eigenvalue weighted by molar-refractivity contribution is 0.298. The van der Waals surface area contributed by atoms with E-state index in [-0.39, 0.29) is 5.82 Å². The summed E-state index contributed by atoms with van der Waals surface area (Å²) in [5.74, 6) is -0.258. The van der Waals surface area contributed by atoms with Crippen LogP contribution in [0.5, 0.6) is 0 Å². The van der Waals surface area contributed by atoms with E-state index >= 15 is 0 Å². The van der Waals surface area contributed by atoms with E-state index in [0.717, 1.165) is 18.5 Å². The summed E-state index contributed by atoms with van der Waals surface area (Å²) < 4.78 is 13.5. The third-order valence-electron chi connectivity index (χ3n) is 2.22. The molecule has 0 N–H and O–H groups in total. The molecule has 0 saturated carbocycles. The molecule has 1 aromatic carbocycles. The third kappa shape index (κ3) is 3.92. The van der Waals surface area contributed by atoms with Crippen LogP contribution in [-0.2, 0) is 6.54 Å². The zero-order valence-corrected chi connectivity index (χ0v) is 10.8. The van der Waals surface area contributed by atoms with Crippen molar-refractivity contribution >= 4 is 15.9 Å². The highest BCUT2D eigenvalue weighted by molar-refractivity contribution is 9.10. The molecule has 0 saturated heterocycles. The molecule has 0 radical (unpaired) electrons. The van der Waals surface area contributed by atoms with Gasteiger partial charge in [-0.2, -0.15) is 5.26 Å². The Balaban J connectivity index is 2.69. The summed E-state index contributed by atoms with van der Waals surface area (Å²) in [5.41, 5.74) is 1.01. The summed E-state index contributed by atoms with van der Waals surface area (Å²) in [5, 5.41) is 8.68. The maximum atomic E-state index is 13.0. The largest absolute Gasteiger partial charge is 0.286 e. The van der Waals surface area contributed by atoms with E-state index in [1.165, 1.54) is 6.07 Å². The molecular weight excluding hydrogens is 271 g/mol. The average Bonchev–Trinajstić information content (AvgIpc) is 2.24. The Hall–Kier alpha value is -0.920. The van der Waals surface area contributed by atoms with Crippen molar-refractivity contribution in [3.63, 3.8) is 0 Å². The van der Waals surface area contributed by atoms with Crippen molar-refractivity contribution in [1.29, 1.82) is 5.26 Å². The van der Waals surface area contributed by atoms with Crippen LogP contribution in [0.2, 0.25) is 0 Å². The smallest absolute Gasteiger partial charge is 0.137 e. The fourth-order valence-corrected chi connectivity index (χ4v) is 1.95. The normalized spacial score (nSPS) is 10.4. The molecule has 0 aliphatic heterocycles. The van der Waals surface area contributed by atoms with Gasteiger partial charge in [-0.05, 0) is 46.6 Å². The van der Waals surface area contributed by atoms with Gasteiger partial charge in [0.05, 0.1) is 17.1 Å². The number of benzene rings is 1. The van der Waals surface area contributed by atoms with Gasteiger partial charge in [-0.3, -0.25) is 4.90 Å². The van der Waals surface area contributed by atoms with E-state index in [9.17, 15) is 4.39 Å². The van der Waals surface area contributed by atoms with Crippen molar-refractivity contribution in [3.05, 3.63) is 34.1 Å². The quantitative estimate of drug-likeness (QED) is 0.776. The lowest BCUT2D eigenvalue weighted by atomic mass is 10.2. The minimum absolute atomic E-state index is 0.258. The van der Waals surface area contributed by atoms with Crippen molar-refractivity contribution in [3.8, 4) is 6.07 Å². The number of nitrogens with zero attached hydrogens (tertiary/aromatic N) is 2. The Bertz CT molecular complexity index is 387. The zero-order valence-electron chi connectivity index (χ0n) is 9.21. The minimum atomic E-state index is -0.258. The Morgan fingerprint density at radius 3 is 2.81 bits per heavy atom. The van der Waals surface area contributed by atoms with Crippen molar-refractivity contribution in [1.82, 2.24) is 4.90 Å². The van der Waals surface area contributed by atoms with E-state index in [0.29, 0.717) is 17.6 Å². The molecule has 86 valence electrons. The predicted octanol–water partition coefficient (Wildman–Crippen LogP) is 3.32. The highest BCUT2D eigenvalue weighted by Crippen LogP contribution is 2.17. The topological polar surface area (TPSA) is 27.0 Å². The van der Waals surface area contributed by atoms with E-state index in [2.05, 4.69) is 28.9 Å². The molecule has 1 aromatic rings. The van der Waals surface area contributed by atoms with Gasteiger partial charge < -0.3 is 0 Å². The molecule has 0 aliphatic carbocycles. The first kappa shape index (κ1) is 13.1. The van der Waals surface area contributed by atoms with Crippen LogP contribution >= 0.6 is 15.9 Å². The molecule has 2 nitrogen and oxygen atoms in total. The van der Waals surface area contributed by atoms with E-state index in [1.54, 1.807) is 12.1 Å². The standard InChI is InChI=1S/C12H14BrFN2/c1-2-6-16(7-5-15)9-10-3-4-12(14)11(13)8-10/h3-4,8H,2,6-7,9H2,1H3. The predicted molar refractivity (Wildman–Crippen MR) is 65.3 cm³/mol. The minimum Gasteiger partial charge on any atom is -0.286 e. The molecular formula is C12H14BrFN2. The maximum Gasteiger partial charge on any atom is 0.137 e. The molecule has 4 heteroatoms. The second kappa shape index (κ2) is 6.62. The molecule has 0 aliphatic rings. The second-order valence-electron chi connectivity index (χ2n) is 3.62. The Kier molecular flexibility index (Phi) is 5.44. The van der Waals surface area contributed by atoms with Crippen LogP contribution in [0.15, 0.2) is 22.7 Å². The van der Waals surface area contributed by atoms with Gasteiger partial charge in [0.25, 0.3) is 0 Å². The van der Waals surface area contributed by atoms with Crippen molar-refractivity contribution in [2.45, 2.75) is 19.9 Å². The lowest BCUT2D eigenvalue weighted by Crippen LogP contribution is -2.24. The summed E-state index contributed by atoms with van der Waals surface area (Å²) in [6.07, 6.45) is 1.00. The molecule has 0 unspecified atom stereocenters. The van der Waals surface area contributed by atoms with Crippen molar-refractivity contribution < 1.29 is 4.39 Å². The first-order valence-electron chi connectivity index (χ1n) is 5.20. The number of nitriles is 1. The maximum absolute atomic E-state index is 13.0. The van der Waals surface area contributed by atoms with E-state index < -0.39 is 0 Å². The van der Waals surface area contributed by atoms with Gasteiger partial charge in [0.2, 0.25) is 0 Å². The highest BCUT2D eigenvalue weighted by atomic mass is 79.9. The zero-order chi connectivity index (χ0) is 12.0. The SMILES string of the molecule is CCCN(CC#N)Cc1ccc(F)c(Br)c1. The molecule has 0 aromatic heterocycles. The van der Waals surface area contributed by atoms with Crippen LogP contribution < -0.4 is 0 Å². The third-order valence-corrected chi connectivity index (χ3v) is 2.83. The van der Waals surface area contributed by atoms with Crippen LogP contribution in [0.25, 0.3) is 0 Å². The monoisotopic (exact) mass is 284 g/mol. The van der Waals surface area contributed by atoms with Crippen LogP contribution in [0.4, 0.5) is 4.39 Å². The van der Waals surface area contributed by atoms with Gasteiger partial charge in [0, 0.05) is 6.54 Å². The fourth-order valence-electron chi connectivity index (χ4n) is 1.53. The summed E-state index contributed by atoms with van der Waals surface area (Å²) >= 11 is 3.16. The van der Waals surface area contributed by atoms with Crippen LogP contribution in [0, 0.1) is 17.1 Å². The number of rotatable bonds is 5. The summed E-state index contributed by atoms with van der Waals surface area (Å²) in [4.78, 5) is 2.04. The van der Waals surface area contributed by atoms with E-state index in [4.69, 9.17) is 5.26 Å². The summed E-state index contributed by atoms with van der Waals surface area (Å²) in [7, 11) is 0. The van der Waals surface area contributed by atoms with Crippen molar-refractivity contribution in [2.75, 3.05) is 13.1 Å². The van der Waals surface area contributed by atoms with Crippen LogP contribution in [0.3, 0.4) is 0 Å². The Labute approximate surface area is 104 Å². The first-order chi connectivity index (χ1) is 7.67. The van der Waals surface area contributed by atoms with Gasteiger partial charge in [-0.25, -0.2) is 4.39 Å². The van der Waals surface area contributed by atoms with Crippen molar-refractivity contribution in [2.24, 2.45) is 0 Å². The number of hydrogen-bond donors (Lipinski definition) is 0. The highest BCUT2D eigenvalue weighted by Gasteiger charge is 2.06. The molecule has 0 amide bonds.